The van der Waals surface area contributed by atoms with Crippen molar-refractivity contribution in [1.29, 1.82) is 0 Å². The number of rotatable bonds is 5. The molecule has 0 saturated heterocycles. The summed E-state index contributed by atoms with van der Waals surface area (Å²) >= 11 is 6.12. The molecule has 7 heteroatoms. The highest BCUT2D eigenvalue weighted by Crippen LogP contribution is 2.35. The fraction of sp³-hybridized carbons (Fsp3) is 0.160. The largest absolute Gasteiger partial charge is 0.370 e. The molecule has 0 aliphatic carbocycles. The number of nitrogens with zero attached hydrogens (tertiary/aromatic N) is 1. The second-order valence-electron chi connectivity index (χ2n) is 8.09. The van der Waals surface area contributed by atoms with Gasteiger partial charge in [0, 0.05) is 16.1 Å². The van der Waals surface area contributed by atoms with Crippen LogP contribution in [0.1, 0.15) is 29.8 Å². The average Bonchev–Trinajstić information content (AvgIpc) is 2.78. The Balaban J connectivity index is 1.60. The van der Waals surface area contributed by atoms with Crippen molar-refractivity contribution in [1.82, 2.24) is 0 Å². The summed E-state index contributed by atoms with van der Waals surface area (Å²) in [4.78, 5) is 40.5. The molecule has 162 valence electrons. The van der Waals surface area contributed by atoms with E-state index in [1.54, 1.807) is 56.3 Å². The first kappa shape index (κ1) is 21.6. The molecule has 4 rings (SSSR count). The van der Waals surface area contributed by atoms with Crippen LogP contribution in [0.15, 0.2) is 72.8 Å². The van der Waals surface area contributed by atoms with Crippen LogP contribution in [0.3, 0.4) is 0 Å². The lowest BCUT2D eigenvalue weighted by atomic mass is 9.98. The number of hydrogen-bond donors (Lipinski definition) is 2. The molecule has 0 atom stereocenters. The number of carbonyl (C=O) groups is 3. The summed E-state index contributed by atoms with van der Waals surface area (Å²) in [6.45, 7) is 3.35. The Bertz CT molecular complexity index is 1210. The number of amides is 2. The number of fused-ring (bicyclic) bond motifs is 1. The van der Waals surface area contributed by atoms with E-state index < -0.39 is 11.4 Å². The van der Waals surface area contributed by atoms with Crippen molar-refractivity contribution >= 4 is 46.3 Å². The van der Waals surface area contributed by atoms with Gasteiger partial charge in [-0.05, 0) is 44.2 Å². The van der Waals surface area contributed by atoms with E-state index in [0.717, 1.165) is 5.69 Å². The number of nitrogens with one attached hydrogen (secondary N) is 2. The van der Waals surface area contributed by atoms with Gasteiger partial charge in [0.2, 0.25) is 5.91 Å². The first-order valence-corrected chi connectivity index (χ1v) is 10.5. The van der Waals surface area contributed by atoms with E-state index in [4.69, 9.17) is 11.6 Å². The van der Waals surface area contributed by atoms with Crippen LogP contribution < -0.4 is 15.5 Å². The van der Waals surface area contributed by atoms with Crippen LogP contribution in [0.2, 0.25) is 5.02 Å². The number of halogens is 1. The molecule has 0 spiro atoms. The van der Waals surface area contributed by atoms with E-state index in [-0.39, 0.29) is 23.8 Å². The molecule has 3 aromatic carbocycles. The molecule has 0 fully saturated rings. The predicted molar refractivity (Wildman–Crippen MR) is 126 cm³/mol. The Kier molecular flexibility index (Phi) is 5.72. The van der Waals surface area contributed by atoms with Gasteiger partial charge in [0.05, 0.1) is 17.1 Å². The molecule has 2 N–H and O–H groups in total. The van der Waals surface area contributed by atoms with Gasteiger partial charge < -0.3 is 10.6 Å². The quantitative estimate of drug-likeness (QED) is 0.553. The third kappa shape index (κ3) is 4.22. The molecule has 6 nitrogen and oxygen atoms in total. The zero-order valence-corrected chi connectivity index (χ0v) is 18.4. The summed E-state index contributed by atoms with van der Waals surface area (Å²) in [5, 5.41) is 6.37. The standard InChI is InChI=1S/C25H22ClN3O3/c1-25(2)24(32)29(21-11-7-6-10-20(21)28-25)15-22(30)27-19-13-12-17(26)14-18(19)23(31)16-8-4-3-5-9-16/h3-14,28H,15H2,1-2H3,(H,27,30). The van der Waals surface area contributed by atoms with Crippen molar-refractivity contribution in [3.63, 3.8) is 0 Å². The molecule has 3 aromatic rings. The fourth-order valence-corrected chi connectivity index (χ4v) is 3.87. The molecule has 0 saturated carbocycles. The van der Waals surface area contributed by atoms with E-state index >= 15 is 0 Å². The smallest absolute Gasteiger partial charge is 0.252 e. The van der Waals surface area contributed by atoms with Crippen LogP contribution in [0.5, 0.6) is 0 Å². The molecule has 0 aromatic heterocycles. The minimum atomic E-state index is -0.858. The van der Waals surface area contributed by atoms with Gasteiger partial charge in [-0.1, -0.05) is 54.1 Å². The molecule has 32 heavy (non-hydrogen) atoms. The summed E-state index contributed by atoms with van der Waals surface area (Å²) in [7, 11) is 0. The van der Waals surface area contributed by atoms with Crippen LogP contribution in [0, 0.1) is 0 Å². The molecule has 0 unspecified atom stereocenters. The maximum Gasteiger partial charge on any atom is 0.252 e. The molecule has 0 radical (unpaired) electrons. The van der Waals surface area contributed by atoms with Gasteiger partial charge >= 0.3 is 0 Å². The monoisotopic (exact) mass is 447 g/mol. The molecular formula is C25H22ClN3O3. The Morgan fingerprint density at radius 1 is 1.00 bits per heavy atom. The van der Waals surface area contributed by atoms with Gasteiger partial charge in [0.1, 0.15) is 12.1 Å². The Hall–Kier alpha value is -3.64. The van der Waals surface area contributed by atoms with Crippen LogP contribution in [-0.4, -0.2) is 29.7 Å². The van der Waals surface area contributed by atoms with Gasteiger partial charge in [-0.15, -0.1) is 0 Å². The minimum absolute atomic E-state index is 0.192. The number of para-hydroxylation sites is 2. The van der Waals surface area contributed by atoms with Gasteiger partial charge in [-0.3, -0.25) is 19.3 Å². The minimum Gasteiger partial charge on any atom is -0.370 e. The van der Waals surface area contributed by atoms with Crippen molar-refractivity contribution < 1.29 is 14.4 Å². The van der Waals surface area contributed by atoms with E-state index in [9.17, 15) is 14.4 Å². The average molecular weight is 448 g/mol. The number of hydrogen-bond acceptors (Lipinski definition) is 4. The zero-order valence-electron chi connectivity index (χ0n) is 17.7. The van der Waals surface area contributed by atoms with Gasteiger partial charge in [-0.25, -0.2) is 0 Å². The lowest BCUT2D eigenvalue weighted by Gasteiger charge is -2.39. The van der Waals surface area contributed by atoms with Gasteiger partial charge in [0.25, 0.3) is 5.91 Å². The van der Waals surface area contributed by atoms with Gasteiger partial charge in [0.15, 0.2) is 5.78 Å². The second kappa shape index (κ2) is 8.48. The van der Waals surface area contributed by atoms with Gasteiger partial charge in [-0.2, -0.15) is 0 Å². The second-order valence-corrected chi connectivity index (χ2v) is 8.53. The first-order chi connectivity index (χ1) is 15.3. The maximum absolute atomic E-state index is 13.0. The van der Waals surface area contributed by atoms with Crippen molar-refractivity contribution in [2.45, 2.75) is 19.4 Å². The van der Waals surface area contributed by atoms with Crippen LogP contribution in [0.4, 0.5) is 17.1 Å². The highest BCUT2D eigenvalue weighted by molar-refractivity contribution is 6.31. The fourth-order valence-electron chi connectivity index (χ4n) is 3.70. The molecule has 0 bridgehead atoms. The van der Waals surface area contributed by atoms with Crippen molar-refractivity contribution in [3.8, 4) is 0 Å². The molecule has 1 aliphatic heterocycles. The Labute approximate surface area is 191 Å². The van der Waals surface area contributed by atoms with E-state index in [1.165, 1.54) is 11.0 Å². The van der Waals surface area contributed by atoms with Crippen LogP contribution in [0.25, 0.3) is 0 Å². The normalized spacial score (nSPS) is 14.3. The summed E-state index contributed by atoms with van der Waals surface area (Å²) in [6.07, 6.45) is 0. The third-order valence-corrected chi connectivity index (χ3v) is 5.49. The molecule has 1 aliphatic rings. The third-order valence-electron chi connectivity index (χ3n) is 5.26. The SMILES string of the molecule is CC1(C)Nc2ccccc2N(CC(=O)Nc2ccc(Cl)cc2C(=O)c2ccccc2)C1=O. The Morgan fingerprint density at radius 3 is 2.44 bits per heavy atom. The lowest BCUT2D eigenvalue weighted by molar-refractivity contribution is -0.124. The highest BCUT2D eigenvalue weighted by atomic mass is 35.5. The van der Waals surface area contributed by atoms with Crippen molar-refractivity contribution in [2.24, 2.45) is 0 Å². The summed E-state index contributed by atoms with van der Waals surface area (Å²) in [6, 6.07) is 20.8. The van der Waals surface area contributed by atoms with Crippen molar-refractivity contribution in [3.05, 3.63) is 88.9 Å². The van der Waals surface area contributed by atoms with Crippen LogP contribution in [-0.2, 0) is 9.59 Å². The van der Waals surface area contributed by atoms with E-state index in [0.29, 0.717) is 22.0 Å². The summed E-state index contributed by atoms with van der Waals surface area (Å²) in [5.41, 5.74) is 1.65. The van der Waals surface area contributed by atoms with E-state index in [2.05, 4.69) is 10.6 Å². The van der Waals surface area contributed by atoms with E-state index in [1.807, 2.05) is 24.3 Å². The molecular weight excluding hydrogens is 426 g/mol. The van der Waals surface area contributed by atoms with Crippen molar-refractivity contribution in [2.75, 3.05) is 22.1 Å². The number of benzene rings is 3. The maximum atomic E-state index is 13.0. The number of carbonyl (C=O) groups excluding carboxylic acids is 3. The molecule has 2 amide bonds. The lowest BCUT2D eigenvalue weighted by Crippen LogP contribution is -2.55. The summed E-state index contributed by atoms with van der Waals surface area (Å²) in [5.74, 6) is -0.897. The molecule has 1 heterocycles. The zero-order chi connectivity index (χ0) is 22.9. The first-order valence-electron chi connectivity index (χ1n) is 10.1. The number of ketones is 1. The van der Waals surface area contributed by atoms with Crippen LogP contribution >= 0.6 is 11.6 Å². The Morgan fingerprint density at radius 2 is 1.69 bits per heavy atom. The topological polar surface area (TPSA) is 78.5 Å². The number of anilines is 3. The summed E-state index contributed by atoms with van der Waals surface area (Å²) < 4.78 is 0. The predicted octanol–water partition coefficient (Wildman–Crippen LogP) is 4.75. The highest BCUT2D eigenvalue weighted by Gasteiger charge is 2.39.